The third kappa shape index (κ3) is 5.26. The van der Waals surface area contributed by atoms with E-state index in [2.05, 4.69) is 10.6 Å². The van der Waals surface area contributed by atoms with Gasteiger partial charge in [0, 0.05) is 12.2 Å². The van der Waals surface area contributed by atoms with Gasteiger partial charge < -0.3 is 10.6 Å². The number of carbonyl (C=O) groups excluding carboxylic acids is 1. The molecule has 0 atom stereocenters. The maximum Gasteiger partial charge on any atom is 0.416 e. The summed E-state index contributed by atoms with van der Waals surface area (Å²) in [4.78, 5) is 11.7. The lowest BCUT2D eigenvalue weighted by atomic mass is 10.1. The van der Waals surface area contributed by atoms with Gasteiger partial charge in [-0.3, -0.25) is 4.79 Å². The Bertz CT molecular complexity index is 684. The molecular formula is C17H16F4N2O. The molecule has 0 bridgehead atoms. The zero-order valence-corrected chi connectivity index (χ0v) is 12.7. The predicted molar refractivity (Wildman–Crippen MR) is 83.0 cm³/mol. The van der Waals surface area contributed by atoms with Gasteiger partial charge in [0.15, 0.2) is 0 Å². The fraction of sp³-hybridized carbons (Fsp3) is 0.235. The van der Waals surface area contributed by atoms with E-state index in [4.69, 9.17) is 0 Å². The number of amides is 1. The minimum Gasteiger partial charge on any atom is -0.376 e. The van der Waals surface area contributed by atoms with Crippen molar-refractivity contribution in [3.8, 4) is 0 Å². The predicted octanol–water partition coefficient (Wildman–Crippen LogP) is 3.62. The van der Waals surface area contributed by atoms with E-state index in [1.54, 1.807) is 18.2 Å². The second kappa shape index (κ2) is 7.81. The van der Waals surface area contributed by atoms with Crippen molar-refractivity contribution >= 4 is 11.6 Å². The Labute approximate surface area is 136 Å². The molecule has 2 aromatic carbocycles. The van der Waals surface area contributed by atoms with Gasteiger partial charge in [0.05, 0.1) is 12.1 Å². The zero-order chi connectivity index (χ0) is 17.6. The molecule has 128 valence electrons. The molecule has 1 amide bonds. The van der Waals surface area contributed by atoms with Crippen LogP contribution in [0.25, 0.3) is 0 Å². The summed E-state index contributed by atoms with van der Waals surface area (Å²) in [7, 11) is 0. The fourth-order valence-corrected chi connectivity index (χ4v) is 2.06. The van der Waals surface area contributed by atoms with Gasteiger partial charge >= 0.3 is 6.18 Å². The third-order valence-electron chi connectivity index (χ3n) is 3.34. The van der Waals surface area contributed by atoms with Crippen molar-refractivity contribution in [2.75, 3.05) is 18.4 Å². The first-order chi connectivity index (χ1) is 11.4. The monoisotopic (exact) mass is 340 g/mol. The van der Waals surface area contributed by atoms with Gasteiger partial charge in [-0.05, 0) is 42.3 Å². The number of hydrogen-bond donors (Lipinski definition) is 2. The van der Waals surface area contributed by atoms with Crippen molar-refractivity contribution in [3.63, 3.8) is 0 Å². The minimum atomic E-state index is -4.39. The Hall–Kier alpha value is -2.57. The van der Waals surface area contributed by atoms with Crippen LogP contribution >= 0.6 is 0 Å². The number of rotatable bonds is 6. The highest BCUT2D eigenvalue weighted by Gasteiger charge is 2.29. The number of alkyl halides is 3. The van der Waals surface area contributed by atoms with E-state index in [1.807, 2.05) is 0 Å². The van der Waals surface area contributed by atoms with Crippen LogP contribution in [0.3, 0.4) is 0 Å². The van der Waals surface area contributed by atoms with Crippen molar-refractivity contribution in [2.45, 2.75) is 12.6 Å². The summed E-state index contributed by atoms with van der Waals surface area (Å²) in [5.74, 6) is -0.652. The van der Waals surface area contributed by atoms with Gasteiger partial charge in [0.2, 0.25) is 5.91 Å². The second-order valence-electron chi connectivity index (χ2n) is 5.12. The average Bonchev–Trinajstić information content (AvgIpc) is 2.54. The largest absolute Gasteiger partial charge is 0.416 e. The smallest absolute Gasteiger partial charge is 0.376 e. The molecule has 24 heavy (non-hydrogen) atoms. The van der Waals surface area contributed by atoms with E-state index < -0.39 is 11.7 Å². The van der Waals surface area contributed by atoms with Crippen LogP contribution < -0.4 is 10.6 Å². The quantitative estimate of drug-likeness (QED) is 0.789. The molecule has 2 rings (SSSR count). The van der Waals surface area contributed by atoms with Crippen LogP contribution in [0.15, 0.2) is 48.5 Å². The lowest BCUT2D eigenvalue weighted by Crippen LogP contribution is -2.31. The van der Waals surface area contributed by atoms with Crippen molar-refractivity contribution in [3.05, 3.63) is 65.5 Å². The summed E-state index contributed by atoms with van der Waals surface area (Å²) >= 11 is 0. The highest BCUT2D eigenvalue weighted by Crippen LogP contribution is 2.29. The van der Waals surface area contributed by atoms with Crippen LogP contribution in [-0.2, 0) is 17.4 Å². The molecule has 3 nitrogen and oxygen atoms in total. The molecule has 0 heterocycles. The van der Waals surface area contributed by atoms with E-state index in [0.29, 0.717) is 17.7 Å². The van der Waals surface area contributed by atoms with E-state index in [1.165, 1.54) is 18.2 Å². The first-order valence-electron chi connectivity index (χ1n) is 7.27. The Balaban J connectivity index is 1.74. The molecular weight excluding hydrogens is 324 g/mol. The fourth-order valence-electron chi connectivity index (χ4n) is 2.06. The average molecular weight is 340 g/mol. The molecule has 7 heteroatoms. The Morgan fingerprint density at radius 3 is 2.29 bits per heavy atom. The second-order valence-corrected chi connectivity index (χ2v) is 5.12. The van der Waals surface area contributed by atoms with Crippen LogP contribution in [0.5, 0.6) is 0 Å². The molecule has 0 aliphatic heterocycles. The van der Waals surface area contributed by atoms with Gasteiger partial charge in [0.1, 0.15) is 5.82 Å². The summed E-state index contributed by atoms with van der Waals surface area (Å²) in [5, 5.41) is 5.35. The number of halogens is 4. The molecule has 0 saturated carbocycles. The third-order valence-corrected chi connectivity index (χ3v) is 3.34. The number of anilines is 1. The molecule has 0 saturated heterocycles. The van der Waals surface area contributed by atoms with E-state index in [9.17, 15) is 22.4 Å². The number of carbonyl (C=O) groups is 1. The summed E-state index contributed by atoms with van der Waals surface area (Å²) < 4.78 is 50.7. The van der Waals surface area contributed by atoms with E-state index in [0.717, 1.165) is 12.1 Å². The topological polar surface area (TPSA) is 41.1 Å². The maximum absolute atomic E-state index is 13.4. The normalized spacial score (nSPS) is 11.2. The summed E-state index contributed by atoms with van der Waals surface area (Å²) in [6.07, 6.45) is -4.03. The van der Waals surface area contributed by atoms with Gasteiger partial charge in [-0.2, -0.15) is 13.2 Å². The molecule has 2 aromatic rings. The molecule has 0 spiro atoms. The number of benzene rings is 2. The SMILES string of the molecule is O=C(CNc1ccc(C(F)(F)F)cc1)NCCc1ccccc1F. The first kappa shape index (κ1) is 17.8. The van der Waals surface area contributed by atoms with Gasteiger partial charge in [-0.25, -0.2) is 4.39 Å². The van der Waals surface area contributed by atoms with Crippen LogP contribution in [0, 0.1) is 5.82 Å². The zero-order valence-electron chi connectivity index (χ0n) is 12.7. The molecule has 0 aliphatic carbocycles. The summed E-state index contributed by atoms with van der Waals surface area (Å²) in [6, 6.07) is 10.7. The van der Waals surface area contributed by atoms with Crippen LogP contribution in [0.4, 0.5) is 23.2 Å². The van der Waals surface area contributed by atoms with E-state index >= 15 is 0 Å². The summed E-state index contributed by atoms with van der Waals surface area (Å²) in [5.41, 5.74) is 0.170. The molecule has 0 radical (unpaired) electrons. The van der Waals surface area contributed by atoms with Crippen molar-refractivity contribution < 1.29 is 22.4 Å². The minimum absolute atomic E-state index is 0.0807. The van der Waals surface area contributed by atoms with Gasteiger partial charge in [-0.1, -0.05) is 18.2 Å². The molecule has 0 unspecified atom stereocenters. The highest BCUT2D eigenvalue weighted by atomic mass is 19.4. The summed E-state index contributed by atoms with van der Waals surface area (Å²) in [6.45, 7) is 0.192. The molecule has 0 aliphatic rings. The standard InChI is InChI=1S/C17H16F4N2O/c18-15-4-2-1-3-12(15)9-10-22-16(24)11-23-14-7-5-13(6-8-14)17(19,20)21/h1-8,23H,9-11H2,(H,22,24). The highest BCUT2D eigenvalue weighted by molar-refractivity contribution is 5.80. The molecule has 0 fully saturated rings. The number of nitrogens with one attached hydrogen (secondary N) is 2. The Kier molecular flexibility index (Phi) is 5.78. The Morgan fingerprint density at radius 2 is 1.67 bits per heavy atom. The lowest BCUT2D eigenvalue weighted by molar-refractivity contribution is -0.137. The van der Waals surface area contributed by atoms with Crippen LogP contribution in [-0.4, -0.2) is 19.0 Å². The van der Waals surface area contributed by atoms with Crippen LogP contribution in [0.1, 0.15) is 11.1 Å². The van der Waals surface area contributed by atoms with Crippen molar-refractivity contribution in [1.82, 2.24) is 5.32 Å². The van der Waals surface area contributed by atoms with Gasteiger partial charge in [0.25, 0.3) is 0 Å². The lowest BCUT2D eigenvalue weighted by Gasteiger charge is -2.10. The Morgan fingerprint density at radius 1 is 1.00 bits per heavy atom. The van der Waals surface area contributed by atoms with Crippen LogP contribution in [0.2, 0.25) is 0 Å². The first-order valence-corrected chi connectivity index (χ1v) is 7.27. The molecule has 2 N–H and O–H groups in total. The van der Waals surface area contributed by atoms with Gasteiger partial charge in [-0.15, -0.1) is 0 Å². The number of hydrogen-bond acceptors (Lipinski definition) is 2. The van der Waals surface area contributed by atoms with Crippen molar-refractivity contribution in [1.29, 1.82) is 0 Å². The van der Waals surface area contributed by atoms with Crippen molar-refractivity contribution in [2.24, 2.45) is 0 Å². The van der Waals surface area contributed by atoms with E-state index in [-0.39, 0.29) is 24.8 Å². The maximum atomic E-state index is 13.4. The molecule has 0 aromatic heterocycles.